The van der Waals surface area contributed by atoms with Gasteiger partial charge in [0.25, 0.3) is 0 Å². The maximum Gasteiger partial charge on any atom is 0.154 e. The minimum absolute atomic E-state index is 0.0619. The number of rotatable bonds is 2. The van der Waals surface area contributed by atoms with Crippen molar-refractivity contribution in [2.45, 2.75) is 20.3 Å². The van der Waals surface area contributed by atoms with Gasteiger partial charge in [-0.1, -0.05) is 13.8 Å². The van der Waals surface area contributed by atoms with Gasteiger partial charge in [0.2, 0.25) is 0 Å². The fraction of sp³-hybridized carbons (Fsp3) is 0.778. The third-order valence-electron chi connectivity index (χ3n) is 1.82. The Kier molecular flexibility index (Phi) is 2.98. The van der Waals surface area contributed by atoms with Crippen molar-refractivity contribution in [3.8, 4) is 0 Å². The summed E-state index contributed by atoms with van der Waals surface area (Å²) < 4.78 is 0. The molecule has 0 unspecified atom stereocenters. The molecule has 1 fully saturated rings. The molecule has 1 heterocycles. The van der Waals surface area contributed by atoms with Crippen molar-refractivity contribution in [1.29, 1.82) is 0 Å². The predicted molar refractivity (Wildman–Crippen MR) is 45.9 cm³/mol. The Morgan fingerprint density at radius 3 is 2.17 bits per heavy atom. The molecule has 3 heteroatoms. The van der Waals surface area contributed by atoms with E-state index >= 15 is 0 Å². The first kappa shape index (κ1) is 9.39. The summed E-state index contributed by atoms with van der Waals surface area (Å²) in [5, 5.41) is 0. The lowest BCUT2D eigenvalue weighted by molar-refractivity contribution is -0.132. The first-order valence-electron chi connectivity index (χ1n) is 4.33. The van der Waals surface area contributed by atoms with E-state index in [2.05, 4.69) is 13.8 Å². The zero-order valence-electron chi connectivity index (χ0n) is 7.67. The molecule has 0 aromatic heterocycles. The van der Waals surface area contributed by atoms with Crippen LogP contribution in [0.4, 0.5) is 0 Å². The summed E-state index contributed by atoms with van der Waals surface area (Å²) in [6, 6.07) is 0. The van der Waals surface area contributed by atoms with Crippen LogP contribution in [0.15, 0.2) is 0 Å². The standard InChI is InChI=1S/C9H15NO2/c1-7(2)4-10-5-8(11)3-9(12)6-10/h7H,3-6H2,1-2H3. The zero-order valence-corrected chi connectivity index (χ0v) is 7.67. The molecule has 1 saturated heterocycles. The van der Waals surface area contributed by atoms with E-state index in [1.807, 2.05) is 4.90 Å². The third-order valence-corrected chi connectivity index (χ3v) is 1.82. The van der Waals surface area contributed by atoms with Crippen molar-refractivity contribution in [2.24, 2.45) is 5.92 Å². The Morgan fingerprint density at radius 1 is 1.25 bits per heavy atom. The van der Waals surface area contributed by atoms with Crippen LogP contribution >= 0.6 is 0 Å². The summed E-state index contributed by atoms with van der Waals surface area (Å²) in [5.74, 6) is 0.641. The second kappa shape index (κ2) is 3.81. The number of Topliss-reactive ketones (excluding diaryl/α,β-unsaturated/α-hetero) is 2. The normalized spacial score (nSPS) is 20.6. The molecule has 3 nitrogen and oxygen atoms in total. The molecule has 0 aliphatic carbocycles. The third kappa shape index (κ3) is 2.74. The first-order chi connectivity index (χ1) is 5.58. The van der Waals surface area contributed by atoms with Gasteiger partial charge >= 0.3 is 0 Å². The number of nitrogens with zero attached hydrogens (tertiary/aromatic N) is 1. The smallest absolute Gasteiger partial charge is 0.154 e. The molecule has 0 saturated carbocycles. The van der Waals surface area contributed by atoms with Crippen molar-refractivity contribution < 1.29 is 9.59 Å². The highest BCUT2D eigenvalue weighted by Crippen LogP contribution is 2.05. The number of hydrogen-bond donors (Lipinski definition) is 0. The average Bonchev–Trinajstić information content (AvgIpc) is 1.81. The van der Waals surface area contributed by atoms with Crippen LogP contribution in [-0.4, -0.2) is 36.1 Å². The molecule has 0 atom stereocenters. The number of likely N-dealkylation sites (tertiary alicyclic amines) is 1. The molecule has 0 radical (unpaired) electrons. The van der Waals surface area contributed by atoms with Crippen LogP contribution < -0.4 is 0 Å². The molecular weight excluding hydrogens is 154 g/mol. The SMILES string of the molecule is CC(C)CN1CC(=O)CC(=O)C1. The van der Waals surface area contributed by atoms with Gasteiger partial charge in [-0.05, 0) is 5.92 Å². The quantitative estimate of drug-likeness (QED) is 0.564. The van der Waals surface area contributed by atoms with Gasteiger partial charge in [-0.2, -0.15) is 0 Å². The van der Waals surface area contributed by atoms with Gasteiger partial charge in [0.1, 0.15) is 0 Å². The Morgan fingerprint density at radius 2 is 1.75 bits per heavy atom. The Hall–Kier alpha value is -0.700. The molecule has 1 aliphatic rings. The molecule has 0 N–H and O–H groups in total. The summed E-state index contributed by atoms with van der Waals surface area (Å²) in [6.07, 6.45) is 0.147. The van der Waals surface area contributed by atoms with Crippen LogP contribution in [0.5, 0.6) is 0 Å². The highest BCUT2D eigenvalue weighted by atomic mass is 16.2. The van der Waals surface area contributed by atoms with Crippen molar-refractivity contribution in [3.05, 3.63) is 0 Å². The maximum atomic E-state index is 11.0. The highest BCUT2D eigenvalue weighted by molar-refractivity contribution is 6.02. The number of hydrogen-bond acceptors (Lipinski definition) is 3. The van der Waals surface area contributed by atoms with E-state index in [-0.39, 0.29) is 18.0 Å². The number of piperidine rings is 1. The van der Waals surface area contributed by atoms with Gasteiger partial charge in [0.15, 0.2) is 11.6 Å². The highest BCUT2D eigenvalue weighted by Gasteiger charge is 2.22. The average molecular weight is 169 g/mol. The van der Waals surface area contributed by atoms with E-state index in [1.165, 1.54) is 0 Å². The Bertz CT molecular complexity index is 183. The van der Waals surface area contributed by atoms with Crippen LogP contribution in [0.2, 0.25) is 0 Å². The molecule has 0 amide bonds. The second-order valence-electron chi connectivity index (χ2n) is 3.82. The van der Waals surface area contributed by atoms with Crippen LogP contribution in [-0.2, 0) is 9.59 Å². The van der Waals surface area contributed by atoms with E-state index < -0.39 is 0 Å². The molecule has 0 spiro atoms. The summed E-state index contributed by atoms with van der Waals surface area (Å²) in [7, 11) is 0. The lowest BCUT2D eigenvalue weighted by Gasteiger charge is -2.25. The second-order valence-corrected chi connectivity index (χ2v) is 3.82. The summed E-state index contributed by atoms with van der Waals surface area (Å²) in [4.78, 5) is 23.9. The Balaban J connectivity index is 2.44. The summed E-state index contributed by atoms with van der Waals surface area (Å²) in [6.45, 7) is 5.94. The van der Waals surface area contributed by atoms with E-state index in [9.17, 15) is 9.59 Å². The topological polar surface area (TPSA) is 37.4 Å². The van der Waals surface area contributed by atoms with E-state index in [0.29, 0.717) is 19.0 Å². The minimum atomic E-state index is 0.0619. The number of ketones is 2. The van der Waals surface area contributed by atoms with Crippen LogP contribution in [0.25, 0.3) is 0 Å². The molecule has 68 valence electrons. The van der Waals surface area contributed by atoms with Crippen LogP contribution in [0, 0.1) is 5.92 Å². The Labute approximate surface area is 72.7 Å². The fourth-order valence-electron chi connectivity index (χ4n) is 1.53. The molecule has 1 aliphatic heterocycles. The van der Waals surface area contributed by atoms with E-state index in [1.54, 1.807) is 0 Å². The lowest BCUT2D eigenvalue weighted by atomic mass is 10.1. The molecule has 0 aromatic rings. The molecule has 0 bridgehead atoms. The lowest BCUT2D eigenvalue weighted by Crippen LogP contribution is -2.42. The number of carbonyl (C=O) groups excluding carboxylic acids is 2. The largest absolute Gasteiger partial charge is 0.298 e. The van der Waals surface area contributed by atoms with Gasteiger partial charge < -0.3 is 0 Å². The van der Waals surface area contributed by atoms with Crippen LogP contribution in [0.3, 0.4) is 0 Å². The van der Waals surface area contributed by atoms with E-state index in [4.69, 9.17) is 0 Å². The van der Waals surface area contributed by atoms with Gasteiger partial charge in [0, 0.05) is 6.54 Å². The van der Waals surface area contributed by atoms with E-state index in [0.717, 1.165) is 6.54 Å². The first-order valence-corrected chi connectivity index (χ1v) is 4.33. The summed E-state index contributed by atoms with van der Waals surface area (Å²) in [5.41, 5.74) is 0. The summed E-state index contributed by atoms with van der Waals surface area (Å²) >= 11 is 0. The van der Waals surface area contributed by atoms with Gasteiger partial charge in [-0.25, -0.2) is 0 Å². The van der Waals surface area contributed by atoms with Crippen molar-refractivity contribution in [1.82, 2.24) is 4.90 Å². The predicted octanol–water partition coefficient (Wildman–Crippen LogP) is 0.486. The van der Waals surface area contributed by atoms with Gasteiger partial charge in [-0.3, -0.25) is 14.5 Å². The molecule has 12 heavy (non-hydrogen) atoms. The van der Waals surface area contributed by atoms with Crippen molar-refractivity contribution in [2.75, 3.05) is 19.6 Å². The van der Waals surface area contributed by atoms with Crippen molar-refractivity contribution >= 4 is 11.6 Å². The van der Waals surface area contributed by atoms with Gasteiger partial charge in [-0.15, -0.1) is 0 Å². The molecule has 1 rings (SSSR count). The van der Waals surface area contributed by atoms with Gasteiger partial charge in [0.05, 0.1) is 19.5 Å². The zero-order chi connectivity index (χ0) is 9.14. The molecular formula is C9H15NO2. The number of carbonyl (C=O) groups is 2. The fourth-order valence-corrected chi connectivity index (χ4v) is 1.53. The monoisotopic (exact) mass is 169 g/mol. The minimum Gasteiger partial charge on any atom is -0.298 e. The molecule has 0 aromatic carbocycles. The maximum absolute atomic E-state index is 11.0. The van der Waals surface area contributed by atoms with Crippen molar-refractivity contribution in [3.63, 3.8) is 0 Å². The van der Waals surface area contributed by atoms with Crippen LogP contribution in [0.1, 0.15) is 20.3 Å².